The van der Waals surface area contributed by atoms with E-state index in [9.17, 15) is 9.59 Å². The van der Waals surface area contributed by atoms with Crippen molar-refractivity contribution in [2.24, 2.45) is 0 Å². The SMILES string of the molecule is CCn1c(SCC(=O)Nc2oc(C)c3c(C)n[nH]c(=O)c23)nnc1C1CC1. The number of H-pyrrole nitrogens is 1. The van der Waals surface area contributed by atoms with E-state index in [1.54, 1.807) is 13.8 Å². The van der Waals surface area contributed by atoms with Crippen molar-refractivity contribution in [2.45, 2.75) is 51.2 Å². The zero-order valence-electron chi connectivity index (χ0n) is 15.3. The number of hydrogen-bond acceptors (Lipinski definition) is 7. The van der Waals surface area contributed by atoms with E-state index in [4.69, 9.17) is 4.42 Å². The third kappa shape index (κ3) is 3.25. The number of thioether (sulfide) groups is 1. The molecule has 0 radical (unpaired) electrons. The topological polar surface area (TPSA) is 119 Å². The Labute approximate surface area is 158 Å². The normalized spacial score (nSPS) is 14.0. The summed E-state index contributed by atoms with van der Waals surface area (Å²) in [4.78, 5) is 24.5. The highest BCUT2D eigenvalue weighted by atomic mass is 32.2. The van der Waals surface area contributed by atoms with E-state index in [1.807, 2.05) is 6.92 Å². The van der Waals surface area contributed by atoms with Gasteiger partial charge in [0.15, 0.2) is 5.16 Å². The number of carbonyl (C=O) groups is 1. The summed E-state index contributed by atoms with van der Waals surface area (Å²) in [5.41, 5.74) is 0.250. The summed E-state index contributed by atoms with van der Waals surface area (Å²) in [5.74, 6) is 2.07. The Balaban J connectivity index is 1.50. The third-order valence-electron chi connectivity index (χ3n) is 4.59. The summed E-state index contributed by atoms with van der Waals surface area (Å²) in [6, 6.07) is 0. The molecule has 1 aliphatic carbocycles. The second-order valence-electron chi connectivity index (χ2n) is 6.57. The predicted molar refractivity (Wildman–Crippen MR) is 101 cm³/mol. The number of nitrogens with one attached hydrogen (secondary N) is 2. The van der Waals surface area contributed by atoms with Crippen LogP contribution in [-0.4, -0.2) is 36.6 Å². The standard InChI is InChI=1S/C17H20N6O3S/c1-4-23-14(10-5-6-10)20-22-17(23)27-7-11(24)18-16-13-12(9(3)26-16)8(2)19-21-15(13)25/h10H,4-7H2,1-3H3,(H,18,24)(H,21,25). The lowest BCUT2D eigenvalue weighted by Crippen LogP contribution is -2.17. The minimum atomic E-state index is -0.393. The van der Waals surface area contributed by atoms with Crippen LogP contribution in [-0.2, 0) is 11.3 Å². The average molecular weight is 388 g/mol. The maximum Gasteiger partial charge on any atom is 0.277 e. The highest BCUT2D eigenvalue weighted by Gasteiger charge is 2.30. The van der Waals surface area contributed by atoms with E-state index in [0.717, 1.165) is 30.4 Å². The molecule has 0 spiro atoms. The van der Waals surface area contributed by atoms with Gasteiger partial charge >= 0.3 is 0 Å². The number of rotatable bonds is 6. The molecule has 3 aromatic heterocycles. The Kier molecular flexibility index (Phi) is 4.50. The van der Waals surface area contributed by atoms with Gasteiger partial charge in [-0.05, 0) is 33.6 Å². The van der Waals surface area contributed by atoms with Crippen LogP contribution in [0.25, 0.3) is 10.8 Å². The maximum atomic E-state index is 12.4. The summed E-state index contributed by atoms with van der Waals surface area (Å²) in [6.07, 6.45) is 2.30. The van der Waals surface area contributed by atoms with E-state index < -0.39 is 5.56 Å². The van der Waals surface area contributed by atoms with Crippen molar-refractivity contribution in [2.75, 3.05) is 11.1 Å². The second-order valence-corrected chi connectivity index (χ2v) is 7.51. The van der Waals surface area contributed by atoms with Crippen LogP contribution in [0.15, 0.2) is 14.4 Å². The third-order valence-corrected chi connectivity index (χ3v) is 5.55. The fourth-order valence-electron chi connectivity index (χ4n) is 3.17. The number of anilines is 1. The lowest BCUT2D eigenvalue weighted by atomic mass is 10.2. The van der Waals surface area contributed by atoms with Crippen molar-refractivity contribution >= 4 is 34.3 Å². The molecule has 4 rings (SSSR count). The van der Waals surface area contributed by atoms with E-state index in [0.29, 0.717) is 28.1 Å². The molecule has 27 heavy (non-hydrogen) atoms. The Morgan fingerprint density at radius 3 is 2.81 bits per heavy atom. The van der Waals surface area contributed by atoms with Gasteiger partial charge in [-0.15, -0.1) is 10.2 Å². The molecule has 142 valence electrons. The van der Waals surface area contributed by atoms with E-state index >= 15 is 0 Å². The number of carbonyl (C=O) groups excluding carboxylic acids is 1. The molecule has 1 amide bonds. The van der Waals surface area contributed by atoms with Crippen LogP contribution in [0.2, 0.25) is 0 Å². The van der Waals surface area contributed by atoms with Crippen molar-refractivity contribution in [1.82, 2.24) is 25.0 Å². The van der Waals surface area contributed by atoms with Crippen molar-refractivity contribution in [3.8, 4) is 0 Å². The molecule has 10 heteroatoms. The largest absolute Gasteiger partial charge is 0.444 e. The van der Waals surface area contributed by atoms with Gasteiger partial charge in [0, 0.05) is 12.5 Å². The van der Waals surface area contributed by atoms with Crippen LogP contribution in [0, 0.1) is 13.8 Å². The Hall–Kier alpha value is -2.62. The van der Waals surface area contributed by atoms with Crippen molar-refractivity contribution in [3.63, 3.8) is 0 Å². The zero-order valence-corrected chi connectivity index (χ0v) is 16.1. The molecule has 0 aromatic carbocycles. The van der Waals surface area contributed by atoms with E-state index in [-0.39, 0.29) is 17.5 Å². The number of amides is 1. The fraction of sp³-hybridized carbons (Fsp3) is 0.471. The Bertz CT molecular complexity index is 1080. The monoisotopic (exact) mass is 388 g/mol. The first-order valence-corrected chi connectivity index (χ1v) is 9.82. The molecule has 1 fully saturated rings. The first-order valence-electron chi connectivity index (χ1n) is 8.83. The number of nitrogens with zero attached hydrogens (tertiary/aromatic N) is 4. The Morgan fingerprint density at radius 1 is 1.33 bits per heavy atom. The maximum absolute atomic E-state index is 12.4. The van der Waals surface area contributed by atoms with Crippen LogP contribution in [0.5, 0.6) is 0 Å². The summed E-state index contributed by atoms with van der Waals surface area (Å²) < 4.78 is 7.66. The van der Waals surface area contributed by atoms with Crippen molar-refractivity contribution in [1.29, 1.82) is 0 Å². The highest BCUT2D eigenvalue weighted by molar-refractivity contribution is 7.99. The minimum absolute atomic E-state index is 0.145. The van der Waals surface area contributed by atoms with Crippen LogP contribution < -0.4 is 10.9 Å². The van der Waals surface area contributed by atoms with Gasteiger partial charge in [0.2, 0.25) is 11.8 Å². The number of fused-ring (bicyclic) bond motifs is 1. The lowest BCUT2D eigenvalue weighted by molar-refractivity contribution is -0.113. The minimum Gasteiger partial charge on any atom is -0.444 e. The molecule has 3 aromatic rings. The van der Waals surface area contributed by atoms with Gasteiger partial charge in [-0.1, -0.05) is 11.8 Å². The van der Waals surface area contributed by atoms with Gasteiger partial charge in [-0.3, -0.25) is 14.9 Å². The predicted octanol–water partition coefficient (Wildman–Crippen LogP) is 2.35. The quantitative estimate of drug-likeness (QED) is 0.622. The molecule has 0 unspecified atom stereocenters. The average Bonchev–Trinajstić information content (AvgIpc) is 3.31. The summed E-state index contributed by atoms with van der Waals surface area (Å²) in [6.45, 7) is 6.33. The van der Waals surface area contributed by atoms with Gasteiger partial charge in [-0.2, -0.15) is 5.10 Å². The molecule has 1 aliphatic rings. The van der Waals surface area contributed by atoms with Gasteiger partial charge in [0.25, 0.3) is 5.56 Å². The lowest BCUT2D eigenvalue weighted by Gasteiger charge is -2.06. The fourth-order valence-corrected chi connectivity index (χ4v) is 3.98. The van der Waals surface area contributed by atoms with Gasteiger partial charge in [0.1, 0.15) is 17.0 Å². The molecular weight excluding hydrogens is 368 g/mol. The summed E-state index contributed by atoms with van der Waals surface area (Å²) >= 11 is 1.32. The first-order chi connectivity index (χ1) is 13.0. The summed E-state index contributed by atoms with van der Waals surface area (Å²) in [5, 5.41) is 19.2. The van der Waals surface area contributed by atoms with Crippen molar-refractivity contribution in [3.05, 3.63) is 27.6 Å². The molecule has 1 saturated carbocycles. The van der Waals surface area contributed by atoms with Gasteiger partial charge in [0.05, 0.1) is 16.8 Å². The number of furan rings is 1. The first kappa shape index (κ1) is 17.8. The highest BCUT2D eigenvalue weighted by Crippen LogP contribution is 2.40. The molecule has 0 aliphatic heterocycles. The van der Waals surface area contributed by atoms with Crippen LogP contribution in [0.1, 0.15) is 43.0 Å². The van der Waals surface area contributed by atoms with Crippen LogP contribution >= 0.6 is 11.8 Å². The number of aromatic amines is 1. The Morgan fingerprint density at radius 2 is 2.11 bits per heavy atom. The van der Waals surface area contributed by atoms with Gasteiger partial charge in [-0.25, -0.2) is 5.10 Å². The number of aryl methyl sites for hydroxylation is 2. The molecule has 3 heterocycles. The molecule has 0 bridgehead atoms. The summed E-state index contributed by atoms with van der Waals surface area (Å²) in [7, 11) is 0. The molecule has 9 nitrogen and oxygen atoms in total. The van der Waals surface area contributed by atoms with E-state index in [2.05, 4.69) is 30.3 Å². The molecular formula is C17H20N6O3S. The molecule has 0 atom stereocenters. The van der Waals surface area contributed by atoms with Crippen molar-refractivity contribution < 1.29 is 9.21 Å². The van der Waals surface area contributed by atoms with Gasteiger partial charge < -0.3 is 8.98 Å². The van der Waals surface area contributed by atoms with Crippen LogP contribution in [0.4, 0.5) is 5.88 Å². The number of aromatic nitrogens is 5. The molecule has 0 saturated heterocycles. The van der Waals surface area contributed by atoms with Crippen LogP contribution in [0.3, 0.4) is 0 Å². The second kappa shape index (κ2) is 6.84. The smallest absolute Gasteiger partial charge is 0.277 e. The number of hydrogen-bond donors (Lipinski definition) is 2. The van der Waals surface area contributed by atoms with E-state index in [1.165, 1.54) is 11.8 Å². The molecule has 2 N–H and O–H groups in total. The zero-order chi connectivity index (χ0) is 19.1.